The van der Waals surface area contributed by atoms with Crippen LogP contribution in [0.5, 0.6) is 5.75 Å². The van der Waals surface area contributed by atoms with E-state index >= 15 is 0 Å². The highest BCUT2D eigenvalue weighted by molar-refractivity contribution is 7.80. The number of hydrogen-bond donors (Lipinski definition) is 1. The maximum Gasteiger partial charge on any atom is 0.129 e. The molecule has 3 nitrogen and oxygen atoms in total. The fourth-order valence-corrected chi connectivity index (χ4v) is 3.11. The Morgan fingerprint density at radius 1 is 1.40 bits per heavy atom. The number of para-hydroxylation sites is 1. The van der Waals surface area contributed by atoms with E-state index in [1.807, 2.05) is 24.3 Å². The van der Waals surface area contributed by atoms with Crippen molar-refractivity contribution in [3.63, 3.8) is 0 Å². The van der Waals surface area contributed by atoms with Gasteiger partial charge in [0.15, 0.2) is 0 Å². The second-order valence-corrected chi connectivity index (χ2v) is 6.19. The van der Waals surface area contributed by atoms with Crippen LogP contribution in [-0.4, -0.2) is 35.6 Å². The molecule has 1 aromatic rings. The third-order valence-corrected chi connectivity index (χ3v) is 4.13. The van der Waals surface area contributed by atoms with Crippen LogP contribution in [0.4, 0.5) is 0 Å². The van der Waals surface area contributed by atoms with Gasteiger partial charge in [0.05, 0.1) is 12.2 Å². The average molecular weight is 292 g/mol. The lowest BCUT2D eigenvalue weighted by atomic mass is 10.1. The molecule has 0 spiro atoms. The van der Waals surface area contributed by atoms with Gasteiger partial charge >= 0.3 is 0 Å². The average Bonchev–Trinajstić information content (AvgIpc) is 2.73. The number of rotatable bonds is 6. The smallest absolute Gasteiger partial charge is 0.129 e. The van der Waals surface area contributed by atoms with Gasteiger partial charge in [0.25, 0.3) is 0 Å². The van der Waals surface area contributed by atoms with Gasteiger partial charge in [-0.15, -0.1) is 0 Å². The SMILES string of the molecule is CC1CC(C)N(CCCOc2ccccc2C(N)=S)C1. The van der Waals surface area contributed by atoms with Crippen molar-refractivity contribution >= 4 is 17.2 Å². The highest BCUT2D eigenvalue weighted by Gasteiger charge is 2.25. The molecule has 1 aromatic carbocycles. The van der Waals surface area contributed by atoms with Crippen LogP contribution in [-0.2, 0) is 0 Å². The van der Waals surface area contributed by atoms with E-state index < -0.39 is 0 Å². The molecule has 20 heavy (non-hydrogen) atoms. The quantitative estimate of drug-likeness (QED) is 0.646. The van der Waals surface area contributed by atoms with Gasteiger partial charge < -0.3 is 15.4 Å². The van der Waals surface area contributed by atoms with E-state index in [4.69, 9.17) is 22.7 Å². The number of likely N-dealkylation sites (tertiary alicyclic amines) is 1. The monoisotopic (exact) mass is 292 g/mol. The number of benzene rings is 1. The van der Waals surface area contributed by atoms with Crippen molar-refractivity contribution in [3.8, 4) is 5.75 Å². The lowest BCUT2D eigenvalue weighted by molar-refractivity contribution is 0.228. The minimum atomic E-state index is 0.391. The van der Waals surface area contributed by atoms with E-state index in [0.717, 1.165) is 30.2 Å². The van der Waals surface area contributed by atoms with Crippen molar-refractivity contribution in [1.29, 1.82) is 0 Å². The van der Waals surface area contributed by atoms with Crippen LogP contribution in [0.2, 0.25) is 0 Å². The molecule has 2 atom stereocenters. The predicted molar refractivity (Wildman–Crippen MR) is 87.3 cm³/mol. The lowest BCUT2D eigenvalue weighted by Gasteiger charge is -2.21. The van der Waals surface area contributed by atoms with Crippen LogP contribution in [0.15, 0.2) is 24.3 Å². The van der Waals surface area contributed by atoms with Crippen LogP contribution >= 0.6 is 12.2 Å². The van der Waals surface area contributed by atoms with Gasteiger partial charge in [-0.1, -0.05) is 31.3 Å². The highest BCUT2D eigenvalue weighted by atomic mass is 32.1. The van der Waals surface area contributed by atoms with Crippen LogP contribution < -0.4 is 10.5 Å². The third kappa shape index (κ3) is 3.93. The standard InChI is InChI=1S/C16H24N2OS/c1-12-10-13(2)18(11-12)8-5-9-19-15-7-4-3-6-14(15)16(17)20/h3-4,6-7,12-13H,5,8-11H2,1-2H3,(H2,17,20). The summed E-state index contributed by atoms with van der Waals surface area (Å²) in [6, 6.07) is 8.40. The maximum absolute atomic E-state index is 5.83. The molecule has 4 heteroatoms. The summed E-state index contributed by atoms with van der Waals surface area (Å²) in [6.07, 6.45) is 2.34. The van der Waals surface area contributed by atoms with Crippen molar-refractivity contribution in [3.05, 3.63) is 29.8 Å². The van der Waals surface area contributed by atoms with E-state index in [2.05, 4.69) is 18.7 Å². The zero-order valence-corrected chi connectivity index (χ0v) is 13.2. The molecule has 0 bridgehead atoms. The fourth-order valence-electron chi connectivity index (χ4n) is 2.94. The molecule has 0 aliphatic carbocycles. The number of thiocarbonyl (C=S) groups is 1. The van der Waals surface area contributed by atoms with Gasteiger partial charge in [-0.05, 0) is 37.8 Å². The van der Waals surface area contributed by atoms with Gasteiger partial charge in [0, 0.05) is 19.1 Å². The Morgan fingerprint density at radius 2 is 2.15 bits per heavy atom. The Labute approximate surface area is 127 Å². The molecule has 1 aliphatic heterocycles. The molecule has 2 rings (SSSR count). The second kappa shape index (κ2) is 7.04. The summed E-state index contributed by atoms with van der Waals surface area (Å²) in [6.45, 7) is 7.65. The fraction of sp³-hybridized carbons (Fsp3) is 0.562. The molecule has 0 amide bonds. The summed E-state index contributed by atoms with van der Waals surface area (Å²) in [4.78, 5) is 2.94. The number of nitrogens with zero attached hydrogens (tertiary/aromatic N) is 1. The minimum Gasteiger partial charge on any atom is -0.493 e. The summed E-state index contributed by atoms with van der Waals surface area (Å²) in [7, 11) is 0. The molecular weight excluding hydrogens is 268 g/mol. The molecule has 0 saturated carbocycles. The van der Waals surface area contributed by atoms with Gasteiger partial charge in [-0.3, -0.25) is 0 Å². The van der Waals surface area contributed by atoms with Gasteiger partial charge in [-0.25, -0.2) is 0 Å². The topological polar surface area (TPSA) is 38.5 Å². The largest absolute Gasteiger partial charge is 0.493 e. The molecule has 0 aromatic heterocycles. The summed E-state index contributed by atoms with van der Waals surface area (Å²) in [5, 5.41) is 0. The first kappa shape index (κ1) is 15.3. The summed E-state index contributed by atoms with van der Waals surface area (Å²) >= 11 is 5.03. The Hall–Kier alpha value is -1.13. The first-order valence-electron chi connectivity index (χ1n) is 7.33. The first-order valence-corrected chi connectivity index (χ1v) is 7.74. The van der Waals surface area contributed by atoms with Crippen molar-refractivity contribution in [1.82, 2.24) is 4.90 Å². The van der Waals surface area contributed by atoms with E-state index in [0.29, 0.717) is 17.6 Å². The predicted octanol–water partition coefficient (Wildman–Crippen LogP) is 2.82. The number of ether oxygens (including phenoxy) is 1. The Morgan fingerprint density at radius 3 is 2.80 bits per heavy atom. The van der Waals surface area contributed by atoms with E-state index in [1.54, 1.807) is 0 Å². The molecule has 2 unspecified atom stereocenters. The van der Waals surface area contributed by atoms with Crippen LogP contribution in [0.1, 0.15) is 32.3 Å². The van der Waals surface area contributed by atoms with Crippen molar-refractivity contribution < 1.29 is 4.74 Å². The molecule has 2 N–H and O–H groups in total. The van der Waals surface area contributed by atoms with Gasteiger partial charge in [-0.2, -0.15) is 0 Å². The minimum absolute atomic E-state index is 0.391. The highest BCUT2D eigenvalue weighted by Crippen LogP contribution is 2.22. The molecule has 1 fully saturated rings. The van der Waals surface area contributed by atoms with Gasteiger partial charge in [0.2, 0.25) is 0 Å². The molecule has 1 heterocycles. The van der Waals surface area contributed by atoms with E-state index in [-0.39, 0.29) is 0 Å². The summed E-state index contributed by atoms with van der Waals surface area (Å²) < 4.78 is 5.83. The first-order chi connectivity index (χ1) is 9.58. The molecule has 110 valence electrons. The number of hydrogen-bond acceptors (Lipinski definition) is 3. The van der Waals surface area contributed by atoms with E-state index in [1.165, 1.54) is 13.0 Å². The van der Waals surface area contributed by atoms with Crippen molar-refractivity contribution in [2.24, 2.45) is 11.7 Å². The van der Waals surface area contributed by atoms with E-state index in [9.17, 15) is 0 Å². The van der Waals surface area contributed by atoms with Gasteiger partial charge in [0.1, 0.15) is 10.7 Å². The zero-order valence-electron chi connectivity index (χ0n) is 12.3. The number of nitrogens with two attached hydrogens (primary N) is 1. The van der Waals surface area contributed by atoms with Crippen molar-refractivity contribution in [2.45, 2.75) is 32.7 Å². The molecule has 0 radical (unpaired) electrons. The zero-order chi connectivity index (χ0) is 14.5. The molecule has 1 saturated heterocycles. The Balaban J connectivity index is 1.78. The third-order valence-electron chi connectivity index (χ3n) is 3.91. The molecular formula is C16H24N2OS. The van der Waals surface area contributed by atoms with Crippen LogP contribution in [0, 0.1) is 5.92 Å². The summed E-state index contributed by atoms with van der Waals surface area (Å²) in [5.41, 5.74) is 6.52. The Kier molecular flexibility index (Phi) is 5.38. The Bertz CT molecular complexity index is 464. The molecule has 1 aliphatic rings. The normalized spacial score (nSPS) is 22.9. The van der Waals surface area contributed by atoms with Crippen LogP contribution in [0.3, 0.4) is 0 Å². The van der Waals surface area contributed by atoms with Crippen molar-refractivity contribution in [2.75, 3.05) is 19.7 Å². The maximum atomic E-state index is 5.83. The lowest BCUT2D eigenvalue weighted by Crippen LogP contribution is -2.29. The second-order valence-electron chi connectivity index (χ2n) is 5.75. The summed E-state index contributed by atoms with van der Waals surface area (Å²) in [5.74, 6) is 1.61. The van der Waals surface area contributed by atoms with Crippen LogP contribution in [0.25, 0.3) is 0 Å².